The monoisotopic (exact) mass is 356 g/mol. The highest BCUT2D eigenvalue weighted by molar-refractivity contribution is 5.66. The minimum atomic E-state index is -0.727. The minimum absolute atomic E-state index is 0.217. The molecule has 3 atom stereocenters. The standard InChI is InChI=1S/C23H32O3/c24-22-18-17-20(14-8-1-2-10-16-23(25)26)21(22)15-9-4-7-13-19-11-5-3-6-12-19/h1,3,5-6,8-9,11-12,15,20-22,24H,2,4,7,10,13-14,16-18H2,(H,25,26)/b8-1-,15-9+/t20-,21+,22+/m0/s1. The summed E-state index contributed by atoms with van der Waals surface area (Å²) in [5, 5.41) is 18.9. The Bertz CT molecular complexity index is 576. The van der Waals surface area contributed by atoms with Gasteiger partial charge in [-0.15, -0.1) is 0 Å². The van der Waals surface area contributed by atoms with Crippen molar-refractivity contribution >= 4 is 5.97 Å². The molecule has 1 saturated carbocycles. The number of carboxylic acid groups (broad SMARTS) is 1. The van der Waals surface area contributed by atoms with Gasteiger partial charge in [0, 0.05) is 12.3 Å². The molecule has 3 heteroatoms. The summed E-state index contributed by atoms with van der Waals surface area (Å²) >= 11 is 0. The first kappa shape index (κ1) is 20.4. The third kappa shape index (κ3) is 7.57. The fourth-order valence-corrected chi connectivity index (χ4v) is 3.73. The number of rotatable bonds is 11. The smallest absolute Gasteiger partial charge is 0.303 e. The van der Waals surface area contributed by atoms with Crippen molar-refractivity contribution in [3.8, 4) is 0 Å². The van der Waals surface area contributed by atoms with Crippen LogP contribution in [-0.2, 0) is 11.2 Å². The first-order valence-corrected chi connectivity index (χ1v) is 9.92. The van der Waals surface area contributed by atoms with Crippen molar-refractivity contribution in [1.82, 2.24) is 0 Å². The largest absolute Gasteiger partial charge is 0.481 e. The number of hydrogen-bond donors (Lipinski definition) is 2. The molecule has 0 saturated heterocycles. The van der Waals surface area contributed by atoms with Crippen molar-refractivity contribution in [2.45, 2.75) is 63.9 Å². The molecule has 0 heterocycles. The van der Waals surface area contributed by atoms with Crippen LogP contribution < -0.4 is 0 Å². The number of aliphatic hydroxyl groups is 1. The van der Waals surface area contributed by atoms with Crippen LogP contribution in [-0.4, -0.2) is 22.3 Å². The van der Waals surface area contributed by atoms with Gasteiger partial charge in [-0.25, -0.2) is 0 Å². The van der Waals surface area contributed by atoms with Crippen LogP contribution in [0.4, 0.5) is 0 Å². The van der Waals surface area contributed by atoms with Crippen LogP contribution in [0, 0.1) is 11.8 Å². The SMILES string of the molecule is O=C(O)CCC/C=C\C[C@H]1CC[C@@H](O)[C@@H]1/C=C/CCCc1ccccc1. The van der Waals surface area contributed by atoms with Crippen molar-refractivity contribution in [2.24, 2.45) is 11.8 Å². The number of aryl methyl sites for hydroxylation is 1. The summed E-state index contributed by atoms with van der Waals surface area (Å²) in [6.07, 6.45) is 16.5. The second-order valence-corrected chi connectivity index (χ2v) is 7.28. The third-order valence-electron chi connectivity index (χ3n) is 5.23. The Morgan fingerprint density at radius 1 is 1.04 bits per heavy atom. The zero-order chi connectivity index (χ0) is 18.6. The number of hydrogen-bond acceptors (Lipinski definition) is 2. The summed E-state index contributed by atoms with van der Waals surface area (Å²) in [5.74, 6) is 0.0382. The van der Waals surface area contributed by atoms with E-state index in [1.54, 1.807) is 0 Å². The van der Waals surface area contributed by atoms with Crippen molar-refractivity contribution < 1.29 is 15.0 Å². The topological polar surface area (TPSA) is 57.5 Å². The quantitative estimate of drug-likeness (QED) is 0.426. The molecule has 1 aromatic rings. The summed E-state index contributed by atoms with van der Waals surface area (Å²) in [6, 6.07) is 10.6. The molecule has 0 spiro atoms. The Morgan fingerprint density at radius 2 is 1.81 bits per heavy atom. The molecule has 1 aliphatic carbocycles. The average Bonchev–Trinajstić information content (AvgIpc) is 2.98. The molecule has 0 amide bonds. The molecule has 0 unspecified atom stereocenters. The van der Waals surface area contributed by atoms with Gasteiger partial charge in [-0.1, -0.05) is 54.6 Å². The van der Waals surface area contributed by atoms with Gasteiger partial charge in [-0.3, -0.25) is 4.79 Å². The van der Waals surface area contributed by atoms with Gasteiger partial charge in [0.1, 0.15) is 0 Å². The fourth-order valence-electron chi connectivity index (χ4n) is 3.73. The van der Waals surface area contributed by atoms with E-state index in [4.69, 9.17) is 5.11 Å². The second-order valence-electron chi connectivity index (χ2n) is 7.28. The van der Waals surface area contributed by atoms with Crippen LogP contribution in [0.3, 0.4) is 0 Å². The summed E-state index contributed by atoms with van der Waals surface area (Å²) in [4.78, 5) is 10.5. The van der Waals surface area contributed by atoms with Gasteiger partial charge in [0.2, 0.25) is 0 Å². The third-order valence-corrected chi connectivity index (χ3v) is 5.23. The maximum atomic E-state index is 10.5. The highest BCUT2D eigenvalue weighted by Crippen LogP contribution is 2.36. The molecule has 0 aromatic heterocycles. The second kappa shape index (κ2) is 11.7. The highest BCUT2D eigenvalue weighted by Gasteiger charge is 2.31. The molecule has 2 N–H and O–H groups in total. The summed E-state index contributed by atoms with van der Waals surface area (Å²) in [7, 11) is 0. The Hall–Kier alpha value is -1.87. The number of aliphatic hydroxyl groups excluding tert-OH is 1. The van der Waals surface area contributed by atoms with Gasteiger partial charge in [0.05, 0.1) is 6.10 Å². The van der Waals surface area contributed by atoms with Crippen molar-refractivity contribution in [2.75, 3.05) is 0 Å². The Morgan fingerprint density at radius 3 is 2.58 bits per heavy atom. The molecule has 1 aromatic carbocycles. The number of benzene rings is 1. The van der Waals surface area contributed by atoms with E-state index in [2.05, 4.69) is 48.6 Å². The van der Waals surface area contributed by atoms with E-state index < -0.39 is 5.97 Å². The molecule has 26 heavy (non-hydrogen) atoms. The highest BCUT2D eigenvalue weighted by atomic mass is 16.4. The Labute approximate surface area is 157 Å². The van der Waals surface area contributed by atoms with Crippen molar-refractivity contribution in [3.63, 3.8) is 0 Å². The van der Waals surface area contributed by atoms with Crippen LogP contribution in [0.15, 0.2) is 54.6 Å². The van der Waals surface area contributed by atoms with Crippen LogP contribution in [0.25, 0.3) is 0 Å². The van der Waals surface area contributed by atoms with E-state index in [1.807, 2.05) is 6.07 Å². The first-order valence-electron chi connectivity index (χ1n) is 9.92. The molecule has 0 aliphatic heterocycles. The lowest BCUT2D eigenvalue weighted by Crippen LogP contribution is -2.16. The van der Waals surface area contributed by atoms with Gasteiger partial charge in [-0.05, 0) is 62.8 Å². The van der Waals surface area contributed by atoms with E-state index in [9.17, 15) is 9.90 Å². The maximum Gasteiger partial charge on any atom is 0.303 e. The number of unbranched alkanes of at least 4 members (excludes halogenated alkanes) is 2. The lowest BCUT2D eigenvalue weighted by atomic mass is 9.90. The number of carboxylic acids is 1. The zero-order valence-electron chi connectivity index (χ0n) is 15.6. The zero-order valence-corrected chi connectivity index (χ0v) is 15.6. The average molecular weight is 357 g/mol. The molecular weight excluding hydrogens is 324 g/mol. The normalized spacial score (nSPS) is 23.2. The van der Waals surface area contributed by atoms with Crippen LogP contribution >= 0.6 is 0 Å². The van der Waals surface area contributed by atoms with E-state index in [0.29, 0.717) is 12.3 Å². The van der Waals surface area contributed by atoms with Crippen LogP contribution in [0.1, 0.15) is 56.9 Å². The lowest BCUT2D eigenvalue weighted by molar-refractivity contribution is -0.137. The van der Waals surface area contributed by atoms with E-state index in [1.165, 1.54) is 5.56 Å². The van der Waals surface area contributed by atoms with Crippen LogP contribution in [0.5, 0.6) is 0 Å². The summed E-state index contributed by atoms with van der Waals surface area (Å²) in [6.45, 7) is 0. The van der Waals surface area contributed by atoms with E-state index in [0.717, 1.165) is 44.9 Å². The van der Waals surface area contributed by atoms with Gasteiger partial charge in [-0.2, -0.15) is 0 Å². The van der Waals surface area contributed by atoms with Gasteiger partial charge >= 0.3 is 5.97 Å². The lowest BCUT2D eigenvalue weighted by Gasteiger charge is -2.17. The van der Waals surface area contributed by atoms with Crippen molar-refractivity contribution in [1.29, 1.82) is 0 Å². The van der Waals surface area contributed by atoms with Gasteiger partial charge in [0.25, 0.3) is 0 Å². The Kier molecular flexibility index (Phi) is 9.19. The van der Waals surface area contributed by atoms with Gasteiger partial charge < -0.3 is 10.2 Å². The molecule has 1 aliphatic rings. The number of carbonyl (C=O) groups is 1. The van der Waals surface area contributed by atoms with E-state index in [-0.39, 0.29) is 18.4 Å². The van der Waals surface area contributed by atoms with Crippen LogP contribution in [0.2, 0.25) is 0 Å². The number of aliphatic carboxylic acids is 1. The molecule has 2 rings (SSSR count). The molecule has 0 radical (unpaired) electrons. The van der Waals surface area contributed by atoms with E-state index >= 15 is 0 Å². The molecule has 3 nitrogen and oxygen atoms in total. The minimum Gasteiger partial charge on any atom is -0.481 e. The fraction of sp³-hybridized carbons (Fsp3) is 0.522. The number of allylic oxidation sites excluding steroid dienone is 3. The predicted octanol–water partition coefficient (Wildman–Crippen LogP) is 5.15. The maximum absolute atomic E-state index is 10.5. The molecule has 0 bridgehead atoms. The molecule has 142 valence electrons. The van der Waals surface area contributed by atoms with Gasteiger partial charge in [0.15, 0.2) is 0 Å². The Balaban J connectivity index is 1.68. The summed E-state index contributed by atoms with van der Waals surface area (Å²) in [5.41, 5.74) is 1.38. The predicted molar refractivity (Wildman–Crippen MR) is 106 cm³/mol. The molecular formula is C23H32O3. The van der Waals surface area contributed by atoms with Crippen molar-refractivity contribution in [3.05, 3.63) is 60.2 Å². The summed E-state index contributed by atoms with van der Waals surface area (Å²) < 4.78 is 0. The molecule has 1 fully saturated rings. The first-order chi connectivity index (χ1) is 12.7.